The molecular weight excluding hydrogens is 412 g/mol. The third-order valence-corrected chi connectivity index (χ3v) is 5.96. The second kappa shape index (κ2) is 10.5. The van der Waals surface area contributed by atoms with Gasteiger partial charge in [-0.1, -0.05) is 35.1 Å². The maximum Gasteiger partial charge on any atom is 0.338 e. The van der Waals surface area contributed by atoms with Gasteiger partial charge in [-0.05, 0) is 57.0 Å². The number of hydrogen-bond donors (Lipinski definition) is 0. The van der Waals surface area contributed by atoms with E-state index in [9.17, 15) is 9.59 Å². The van der Waals surface area contributed by atoms with Crippen LogP contribution in [0.4, 0.5) is 0 Å². The summed E-state index contributed by atoms with van der Waals surface area (Å²) in [5.74, 6) is -0.558. The molecular formula is C24H28N2O4S. The summed E-state index contributed by atoms with van der Waals surface area (Å²) in [6, 6.07) is 11.5. The molecule has 0 fully saturated rings. The molecule has 7 heteroatoms. The van der Waals surface area contributed by atoms with Gasteiger partial charge in [0.1, 0.15) is 0 Å². The zero-order valence-electron chi connectivity index (χ0n) is 18.4. The van der Waals surface area contributed by atoms with Crippen molar-refractivity contribution in [2.45, 2.75) is 40.7 Å². The maximum absolute atomic E-state index is 12.8. The zero-order valence-corrected chi connectivity index (χ0v) is 19.3. The first-order chi connectivity index (χ1) is 14.9. The molecule has 3 rings (SSSR count). The van der Waals surface area contributed by atoms with Crippen LogP contribution in [0.25, 0.3) is 10.2 Å². The van der Waals surface area contributed by atoms with Crippen LogP contribution in [0.15, 0.2) is 41.4 Å². The average Bonchev–Trinajstić information content (AvgIpc) is 3.06. The van der Waals surface area contributed by atoms with Gasteiger partial charge in [0.05, 0.1) is 35.4 Å². The van der Waals surface area contributed by atoms with Crippen LogP contribution in [-0.2, 0) is 27.2 Å². The number of benzene rings is 2. The molecule has 0 radical (unpaired) electrons. The summed E-state index contributed by atoms with van der Waals surface area (Å²) in [7, 11) is 0. The van der Waals surface area contributed by atoms with Crippen LogP contribution in [0, 0.1) is 13.8 Å². The van der Waals surface area contributed by atoms with Crippen molar-refractivity contribution in [2.24, 2.45) is 4.99 Å². The first-order valence-corrected chi connectivity index (χ1v) is 11.3. The standard InChI is InChI=1S/C24H28N2O4S/c1-5-29-12-11-26-20-10-9-19(23(28)30-6-2)14-21(20)31-24(26)25-22(27)15-18-8-7-16(3)13-17(18)4/h7-10,13-14H,5-6,11-12,15H2,1-4H3. The molecule has 0 saturated carbocycles. The number of carbonyl (C=O) groups is 2. The molecule has 6 nitrogen and oxygen atoms in total. The lowest BCUT2D eigenvalue weighted by molar-refractivity contribution is -0.117. The van der Waals surface area contributed by atoms with Crippen LogP contribution in [0.2, 0.25) is 0 Å². The van der Waals surface area contributed by atoms with Gasteiger partial charge in [0, 0.05) is 13.2 Å². The minimum atomic E-state index is -0.358. The number of aryl methyl sites for hydroxylation is 2. The number of rotatable bonds is 8. The number of nitrogens with zero attached hydrogens (tertiary/aromatic N) is 2. The number of carbonyl (C=O) groups excluding carboxylic acids is 2. The number of aromatic nitrogens is 1. The molecule has 1 aromatic heterocycles. The van der Waals surface area contributed by atoms with Gasteiger partial charge in [-0.25, -0.2) is 4.79 Å². The van der Waals surface area contributed by atoms with E-state index in [0.717, 1.165) is 21.3 Å². The summed E-state index contributed by atoms with van der Waals surface area (Å²) >= 11 is 1.39. The van der Waals surface area contributed by atoms with Gasteiger partial charge >= 0.3 is 5.97 Å². The lowest BCUT2D eigenvalue weighted by atomic mass is 10.0. The van der Waals surface area contributed by atoms with Gasteiger partial charge in [-0.3, -0.25) is 4.79 Å². The van der Waals surface area contributed by atoms with E-state index in [4.69, 9.17) is 9.47 Å². The molecule has 31 heavy (non-hydrogen) atoms. The summed E-state index contributed by atoms with van der Waals surface area (Å²) in [5.41, 5.74) is 4.63. The fourth-order valence-electron chi connectivity index (χ4n) is 3.37. The maximum atomic E-state index is 12.8. The third kappa shape index (κ3) is 5.68. The number of esters is 1. The SMILES string of the molecule is CCOCCn1c(=NC(=O)Cc2ccc(C)cc2C)sc2cc(C(=O)OCC)ccc21. The van der Waals surface area contributed by atoms with E-state index in [1.54, 1.807) is 19.1 Å². The van der Waals surface area contributed by atoms with Crippen molar-refractivity contribution in [3.05, 3.63) is 63.5 Å². The van der Waals surface area contributed by atoms with E-state index in [1.807, 2.05) is 43.5 Å². The van der Waals surface area contributed by atoms with Crippen molar-refractivity contribution in [3.8, 4) is 0 Å². The number of ether oxygens (including phenoxy) is 2. The highest BCUT2D eigenvalue weighted by molar-refractivity contribution is 7.16. The van der Waals surface area contributed by atoms with Crippen molar-refractivity contribution < 1.29 is 19.1 Å². The van der Waals surface area contributed by atoms with Crippen LogP contribution in [-0.4, -0.2) is 36.3 Å². The fraction of sp³-hybridized carbons (Fsp3) is 0.375. The average molecular weight is 441 g/mol. The van der Waals surface area contributed by atoms with E-state index in [-0.39, 0.29) is 18.3 Å². The smallest absolute Gasteiger partial charge is 0.338 e. The zero-order chi connectivity index (χ0) is 22.4. The number of amides is 1. The van der Waals surface area contributed by atoms with E-state index >= 15 is 0 Å². The Hall–Kier alpha value is -2.77. The molecule has 0 aliphatic carbocycles. The van der Waals surface area contributed by atoms with Crippen LogP contribution in [0.3, 0.4) is 0 Å². The lowest BCUT2D eigenvalue weighted by Crippen LogP contribution is -2.20. The van der Waals surface area contributed by atoms with Crippen LogP contribution >= 0.6 is 11.3 Å². The van der Waals surface area contributed by atoms with Crippen LogP contribution < -0.4 is 4.80 Å². The van der Waals surface area contributed by atoms with E-state index in [0.29, 0.717) is 36.7 Å². The van der Waals surface area contributed by atoms with E-state index < -0.39 is 0 Å². The summed E-state index contributed by atoms with van der Waals surface area (Å²) < 4.78 is 13.5. The molecule has 0 spiro atoms. The first kappa shape index (κ1) is 22.9. The summed E-state index contributed by atoms with van der Waals surface area (Å²) in [6.45, 7) is 9.79. The van der Waals surface area contributed by atoms with Gasteiger partial charge in [-0.15, -0.1) is 0 Å². The molecule has 0 saturated heterocycles. The van der Waals surface area contributed by atoms with Gasteiger partial charge in [0.25, 0.3) is 5.91 Å². The molecule has 0 N–H and O–H groups in total. The molecule has 0 bridgehead atoms. The third-order valence-electron chi connectivity index (χ3n) is 4.92. The highest BCUT2D eigenvalue weighted by Crippen LogP contribution is 2.20. The molecule has 2 aromatic carbocycles. The molecule has 0 atom stereocenters. The highest BCUT2D eigenvalue weighted by atomic mass is 32.1. The van der Waals surface area contributed by atoms with Gasteiger partial charge in [-0.2, -0.15) is 4.99 Å². The number of hydrogen-bond acceptors (Lipinski definition) is 5. The predicted octanol–water partition coefficient (Wildman–Crippen LogP) is 4.20. The van der Waals surface area contributed by atoms with Crippen molar-refractivity contribution in [3.63, 3.8) is 0 Å². The Morgan fingerprint density at radius 3 is 2.58 bits per heavy atom. The Labute approximate surface area is 186 Å². The number of fused-ring (bicyclic) bond motifs is 1. The second-order valence-electron chi connectivity index (χ2n) is 7.25. The van der Waals surface area contributed by atoms with Gasteiger partial charge in [0.15, 0.2) is 4.80 Å². The molecule has 0 unspecified atom stereocenters. The Bertz CT molecular complexity index is 1160. The first-order valence-electron chi connectivity index (χ1n) is 10.4. The minimum absolute atomic E-state index is 0.200. The van der Waals surface area contributed by atoms with Crippen molar-refractivity contribution in [1.29, 1.82) is 0 Å². The Morgan fingerprint density at radius 2 is 1.87 bits per heavy atom. The summed E-state index contributed by atoms with van der Waals surface area (Å²) in [6.07, 6.45) is 0.250. The molecule has 0 aliphatic rings. The Kier molecular flexibility index (Phi) is 7.76. The normalized spacial score (nSPS) is 11.8. The second-order valence-corrected chi connectivity index (χ2v) is 8.26. The quantitative estimate of drug-likeness (QED) is 0.389. The highest BCUT2D eigenvalue weighted by Gasteiger charge is 2.13. The monoisotopic (exact) mass is 440 g/mol. The van der Waals surface area contributed by atoms with Crippen molar-refractivity contribution >= 4 is 33.4 Å². The fourth-order valence-corrected chi connectivity index (χ4v) is 4.48. The molecule has 0 aliphatic heterocycles. The van der Waals surface area contributed by atoms with Crippen molar-refractivity contribution in [1.82, 2.24) is 4.57 Å². The lowest BCUT2D eigenvalue weighted by Gasteiger charge is -2.07. The topological polar surface area (TPSA) is 69.9 Å². The molecule has 3 aromatic rings. The summed E-state index contributed by atoms with van der Waals surface area (Å²) in [5, 5.41) is 0. The molecule has 1 amide bonds. The van der Waals surface area contributed by atoms with E-state index in [1.165, 1.54) is 16.9 Å². The largest absolute Gasteiger partial charge is 0.462 e. The number of thiazole rings is 1. The molecule has 164 valence electrons. The van der Waals surface area contributed by atoms with Crippen LogP contribution in [0.1, 0.15) is 40.9 Å². The van der Waals surface area contributed by atoms with Crippen molar-refractivity contribution in [2.75, 3.05) is 19.8 Å². The molecule has 1 heterocycles. The van der Waals surface area contributed by atoms with Crippen LogP contribution in [0.5, 0.6) is 0 Å². The Balaban J connectivity index is 1.98. The summed E-state index contributed by atoms with van der Waals surface area (Å²) in [4.78, 5) is 29.9. The minimum Gasteiger partial charge on any atom is -0.462 e. The van der Waals surface area contributed by atoms with Gasteiger partial charge in [0.2, 0.25) is 0 Å². The van der Waals surface area contributed by atoms with Gasteiger partial charge < -0.3 is 14.0 Å². The van der Waals surface area contributed by atoms with E-state index in [2.05, 4.69) is 11.1 Å². The predicted molar refractivity (Wildman–Crippen MR) is 122 cm³/mol. The Morgan fingerprint density at radius 1 is 1.06 bits per heavy atom.